The molecule has 2 bridgehead atoms. The van der Waals surface area contributed by atoms with Gasteiger partial charge in [0, 0.05) is 0 Å². The van der Waals surface area contributed by atoms with Crippen LogP contribution in [0.5, 0.6) is 0 Å². The predicted molar refractivity (Wildman–Crippen MR) is 48.3 cm³/mol. The van der Waals surface area contributed by atoms with Gasteiger partial charge in [0.25, 0.3) is 0 Å². The van der Waals surface area contributed by atoms with Crippen LogP contribution in [0.3, 0.4) is 0 Å². The van der Waals surface area contributed by atoms with E-state index in [0.717, 1.165) is 29.1 Å². The largest absolute Gasteiger partial charge is 0.0622 e. The predicted octanol–water partition coefficient (Wildman–Crippen LogP) is 3.32. The summed E-state index contributed by atoms with van der Waals surface area (Å²) >= 11 is 0. The van der Waals surface area contributed by atoms with E-state index in [2.05, 4.69) is 27.7 Å². The molecule has 0 aromatic heterocycles. The summed E-state index contributed by atoms with van der Waals surface area (Å²) in [6.45, 7) is 9.74. The number of hydrogen-bond donors (Lipinski definition) is 0. The third-order valence-corrected chi connectivity index (χ3v) is 4.87. The van der Waals surface area contributed by atoms with Gasteiger partial charge in [0.05, 0.1) is 0 Å². The van der Waals surface area contributed by atoms with Crippen molar-refractivity contribution >= 4 is 0 Å². The molecule has 0 amide bonds. The van der Waals surface area contributed by atoms with Crippen molar-refractivity contribution in [3.63, 3.8) is 0 Å². The summed E-state index contributed by atoms with van der Waals surface area (Å²) in [7, 11) is 0. The maximum atomic E-state index is 2.47. The van der Waals surface area contributed by atoms with Gasteiger partial charge in [-0.1, -0.05) is 27.7 Å². The smallest absolute Gasteiger partial charge is 0.0241 e. The van der Waals surface area contributed by atoms with Gasteiger partial charge < -0.3 is 0 Å². The summed E-state index contributed by atoms with van der Waals surface area (Å²) in [5, 5.41) is 0. The van der Waals surface area contributed by atoms with Gasteiger partial charge in [-0.15, -0.1) is 0 Å². The third-order valence-electron chi connectivity index (χ3n) is 4.87. The second-order valence-corrected chi connectivity index (χ2v) is 5.20. The van der Waals surface area contributed by atoms with Crippen LogP contribution >= 0.6 is 0 Å². The zero-order valence-electron chi connectivity index (χ0n) is 8.22. The summed E-state index contributed by atoms with van der Waals surface area (Å²) in [5.41, 5.74) is 0.768. The first-order chi connectivity index (χ1) is 5.08. The van der Waals surface area contributed by atoms with Gasteiger partial charge in [0.2, 0.25) is 0 Å². The van der Waals surface area contributed by atoms with Crippen molar-refractivity contribution < 1.29 is 0 Å². The second-order valence-electron chi connectivity index (χ2n) is 5.20. The highest BCUT2D eigenvalue weighted by atomic mass is 14.6. The van der Waals surface area contributed by atoms with Gasteiger partial charge in [-0.05, 0) is 41.9 Å². The molecule has 0 radical (unpaired) electrons. The van der Waals surface area contributed by atoms with Crippen molar-refractivity contribution in [1.82, 2.24) is 0 Å². The molecule has 0 spiro atoms. The van der Waals surface area contributed by atoms with E-state index in [4.69, 9.17) is 0 Å². The first-order valence-corrected chi connectivity index (χ1v) is 5.08. The van der Waals surface area contributed by atoms with Crippen LogP contribution in [-0.4, -0.2) is 0 Å². The maximum Gasteiger partial charge on any atom is -0.0241 e. The van der Waals surface area contributed by atoms with Crippen LogP contribution in [0, 0.1) is 29.1 Å². The Hall–Kier alpha value is 0. The average Bonchev–Trinajstić information content (AvgIpc) is 2.16. The van der Waals surface area contributed by atoms with Crippen LogP contribution in [0.25, 0.3) is 0 Å². The van der Waals surface area contributed by atoms with Crippen LogP contribution in [0.2, 0.25) is 0 Å². The van der Waals surface area contributed by atoms with E-state index in [0.29, 0.717) is 0 Å². The zero-order chi connectivity index (χ0) is 8.22. The van der Waals surface area contributed by atoms with Crippen molar-refractivity contribution in [2.24, 2.45) is 29.1 Å². The first-order valence-electron chi connectivity index (χ1n) is 5.08. The minimum absolute atomic E-state index is 0.768. The van der Waals surface area contributed by atoms with Gasteiger partial charge in [-0.3, -0.25) is 0 Å². The van der Waals surface area contributed by atoms with E-state index in [-0.39, 0.29) is 0 Å². The van der Waals surface area contributed by atoms with Crippen molar-refractivity contribution in [2.75, 3.05) is 0 Å². The molecule has 3 aliphatic rings. The lowest BCUT2D eigenvalue weighted by Gasteiger charge is -2.44. The van der Waals surface area contributed by atoms with Crippen LogP contribution in [0.1, 0.15) is 40.5 Å². The molecule has 0 heteroatoms. The highest BCUT2D eigenvalue weighted by Crippen LogP contribution is 2.67. The molecule has 3 rings (SSSR count). The standard InChI is InChI=1S/C11H20/c1-7(2)11-5-10(6-11)8(3)9(11)4/h7-10H,5-6H2,1-4H3. The molecule has 0 aromatic carbocycles. The van der Waals surface area contributed by atoms with E-state index in [9.17, 15) is 0 Å². The fourth-order valence-corrected chi connectivity index (χ4v) is 3.59. The van der Waals surface area contributed by atoms with E-state index in [1.54, 1.807) is 0 Å². The van der Waals surface area contributed by atoms with Crippen LogP contribution in [0.15, 0.2) is 0 Å². The minimum atomic E-state index is 0.768. The zero-order valence-corrected chi connectivity index (χ0v) is 8.22. The molecule has 3 fully saturated rings. The highest BCUT2D eigenvalue weighted by molar-refractivity contribution is 5.09. The van der Waals surface area contributed by atoms with Crippen molar-refractivity contribution in [2.45, 2.75) is 40.5 Å². The molecule has 3 aliphatic carbocycles. The lowest BCUT2D eigenvalue weighted by molar-refractivity contribution is 0.0512. The van der Waals surface area contributed by atoms with Crippen LogP contribution in [-0.2, 0) is 0 Å². The first kappa shape index (κ1) is 7.64. The van der Waals surface area contributed by atoms with E-state index >= 15 is 0 Å². The summed E-state index contributed by atoms with van der Waals surface area (Å²) < 4.78 is 0. The Kier molecular flexibility index (Phi) is 1.41. The molecule has 0 heterocycles. The van der Waals surface area contributed by atoms with Crippen molar-refractivity contribution in [3.05, 3.63) is 0 Å². The topological polar surface area (TPSA) is 0 Å². The van der Waals surface area contributed by atoms with Crippen molar-refractivity contribution in [3.8, 4) is 0 Å². The average molecular weight is 152 g/mol. The molecule has 3 saturated carbocycles. The lowest BCUT2D eigenvalue weighted by Crippen LogP contribution is -2.36. The second kappa shape index (κ2) is 2.02. The molecule has 0 saturated heterocycles. The third kappa shape index (κ3) is 0.711. The Labute approximate surface area is 70.4 Å². The van der Waals surface area contributed by atoms with E-state index in [1.165, 1.54) is 12.8 Å². The Morgan fingerprint density at radius 2 is 1.73 bits per heavy atom. The van der Waals surface area contributed by atoms with Gasteiger partial charge in [0.1, 0.15) is 0 Å². The molecule has 2 unspecified atom stereocenters. The van der Waals surface area contributed by atoms with Crippen LogP contribution in [0.4, 0.5) is 0 Å². The number of fused-ring (bicyclic) bond motifs is 1. The molecule has 0 aliphatic heterocycles. The summed E-state index contributed by atoms with van der Waals surface area (Å²) in [4.78, 5) is 0. The minimum Gasteiger partial charge on any atom is -0.0622 e. The molecule has 0 N–H and O–H groups in total. The monoisotopic (exact) mass is 152 g/mol. The molecular weight excluding hydrogens is 132 g/mol. The lowest BCUT2D eigenvalue weighted by atomic mass is 9.61. The Morgan fingerprint density at radius 1 is 1.18 bits per heavy atom. The fourth-order valence-electron chi connectivity index (χ4n) is 3.59. The van der Waals surface area contributed by atoms with Gasteiger partial charge in [0.15, 0.2) is 0 Å². The quantitative estimate of drug-likeness (QED) is 0.540. The summed E-state index contributed by atoms with van der Waals surface area (Å²) in [5.74, 6) is 4.01. The van der Waals surface area contributed by atoms with E-state index in [1.807, 2.05) is 0 Å². The Morgan fingerprint density at radius 3 is 1.91 bits per heavy atom. The molecular formula is C11H20. The molecule has 0 nitrogen and oxygen atoms in total. The SMILES string of the molecule is CC1C2CC(C(C)C)(C2)C1C. The molecule has 64 valence electrons. The Balaban J connectivity index is 2.21. The van der Waals surface area contributed by atoms with Crippen LogP contribution < -0.4 is 0 Å². The summed E-state index contributed by atoms with van der Waals surface area (Å²) in [6, 6.07) is 0. The molecule has 11 heavy (non-hydrogen) atoms. The van der Waals surface area contributed by atoms with Gasteiger partial charge in [-0.25, -0.2) is 0 Å². The summed E-state index contributed by atoms with van der Waals surface area (Å²) in [6.07, 6.45) is 3.07. The number of hydrogen-bond acceptors (Lipinski definition) is 0. The highest BCUT2D eigenvalue weighted by Gasteiger charge is 2.60. The normalized spacial score (nSPS) is 54.8. The Bertz CT molecular complexity index is 163. The van der Waals surface area contributed by atoms with Gasteiger partial charge in [-0.2, -0.15) is 0 Å². The molecule has 2 atom stereocenters. The van der Waals surface area contributed by atoms with E-state index < -0.39 is 0 Å². The maximum absolute atomic E-state index is 2.47. The van der Waals surface area contributed by atoms with Crippen molar-refractivity contribution in [1.29, 1.82) is 0 Å². The number of rotatable bonds is 1. The van der Waals surface area contributed by atoms with Gasteiger partial charge >= 0.3 is 0 Å². The molecule has 0 aromatic rings. The fraction of sp³-hybridized carbons (Fsp3) is 1.00.